The first kappa shape index (κ1) is 10.3. The first-order chi connectivity index (χ1) is 8.33. The van der Waals surface area contributed by atoms with Crippen molar-refractivity contribution in [1.29, 1.82) is 0 Å². The molecule has 1 aromatic carbocycles. The van der Waals surface area contributed by atoms with Gasteiger partial charge in [0, 0.05) is 11.5 Å². The van der Waals surface area contributed by atoms with Gasteiger partial charge in [-0.15, -0.1) is 0 Å². The Morgan fingerprint density at radius 2 is 2.12 bits per heavy atom. The summed E-state index contributed by atoms with van der Waals surface area (Å²) in [5.41, 5.74) is 3.35. The number of nitrogens with one attached hydrogen (secondary N) is 1. The van der Waals surface area contributed by atoms with Crippen LogP contribution in [-0.4, -0.2) is 10.2 Å². The molecule has 0 atom stereocenters. The predicted octanol–water partition coefficient (Wildman–Crippen LogP) is 2.88. The van der Waals surface area contributed by atoms with Crippen molar-refractivity contribution < 1.29 is 0 Å². The number of aromatic nitrogens is 2. The number of hydrogen-bond acceptors (Lipinski definition) is 2. The molecule has 2 aromatic rings. The van der Waals surface area contributed by atoms with Crippen molar-refractivity contribution in [2.45, 2.75) is 25.7 Å². The minimum Gasteiger partial charge on any atom is -0.268 e. The third kappa shape index (κ3) is 2.00. The maximum Gasteiger partial charge on any atom is 0.264 e. The summed E-state index contributed by atoms with van der Waals surface area (Å²) >= 11 is 0. The summed E-state index contributed by atoms with van der Waals surface area (Å²) in [4.78, 5) is 11.1. The van der Waals surface area contributed by atoms with E-state index >= 15 is 0 Å². The molecule has 3 rings (SSSR count). The highest BCUT2D eigenvalue weighted by Gasteiger charge is 2.07. The average Bonchev–Trinajstić information content (AvgIpc) is 2.39. The van der Waals surface area contributed by atoms with E-state index in [9.17, 15) is 4.79 Å². The number of benzene rings is 1. The number of H-pyrrole nitrogens is 1. The molecule has 86 valence electrons. The van der Waals surface area contributed by atoms with Crippen LogP contribution in [0.2, 0.25) is 0 Å². The van der Waals surface area contributed by atoms with Crippen LogP contribution in [0.15, 0.2) is 35.1 Å². The summed E-state index contributed by atoms with van der Waals surface area (Å²) in [5, 5.41) is 7.45. The van der Waals surface area contributed by atoms with Gasteiger partial charge in [-0.2, -0.15) is 5.10 Å². The predicted molar refractivity (Wildman–Crippen MR) is 68.8 cm³/mol. The highest BCUT2D eigenvalue weighted by atomic mass is 16.1. The maximum absolute atomic E-state index is 11.1. The number of fused-ring (bicyclic) bond motifs is 1. The first-order valence-corrected chi connectivity index (χ1v) is 6.02. The van der Waals surface area contributed by atoms with Crippen molar-refractivity contribution in [1.82, 2.24) is 10.2 Å². The number of allylic oxidation sites excluding steroid dienone is 2. The summed E-state index contributed by atoms with van der Waals surface area (Å²) in [6.07, 6.45) is 7.20. The lowest BCUT2D eigenvalue weighted by atomic mass is 9.93. The maximum atomic E-state index is 11.1. The molecule has 0 saturated heterocycles. The quantitative estimate of drug-likeness (QED) is 0.812. The summed E-state index contributed by atoms with van der Waals surface area (Å²) < 4.78 is 0. The van der Waals surface area contributed by atoms with E-state index in [-0.39, 0.29) is 5.56 Å². The van der Waals surface area contributed by atoms with Crippen LogP contribution in [0.5, 0.6) is 0 Å². The molecule has 1 N–H and O–H groups in total. The van der Waals surface area contributed by atoms with Crippen molar-refractivity contribution in [2.75, 3.05) is 0 Å². The molecular formula is C14H14N2O. The van der Waals surface area contributed by atoms with Gasteiger partial charge in [0.2, 0.25) is 0 Å². The molecule has 0 unspecified atom stereocenters. The normalized spacial score (nSPS) is 15.9. The third-order valence-corrected chi connectivity index (χ3v) is 3.27. The van der Waals surface area contributed by atoms with Crippen LogP contribution in [0, 0.1) is 0 Å². The van der Waals surface area contributed by atoms with Gasteiger partial charge in [0.15, 0.2) is 0 Å². The zero-order valence-corrected chi connectivity index (χ0v) is 9.57. The van der Waals surface area contributed by atoms with Crippen LogP contribution in [0.3, 0.4) is 0 Å². The Morgan fingerprint density at radius 3 is 2.94 bits per heavy atom. The van der Waals surface area contributed by atoms with Gasteiger partial charge in [0.05, 0.1) is 5.52 Å². The topological polar surface area (TPSA) is 45.8 Å². The van der Waals surface area contributed by atoms with E-state index in [1.54, 1.807) is 6.07 Å². The highest BCUT2D eigenvalue weighted by molar-refractivity contribution is 5.82. The summed E-state index contributed by atoms with van der Waals surface area (Å²) in [5.74, 6) is 0. The standard InChI is InChI=1S/C14H14N2O/c17-14-9-12-7-6-11(8-13(12)15-16-14)10-4-2-1-3-5-10/h4,6-9H,1-3,5H2,(H,16,17). The molecule has 3 nitrogen and oxygen atoms in total. The Kier molecular flexibility index (Phi) is 2.52. The first-order valence-electron chi connectivity index (χ1n) is 6.02. The van der Waals surface area contributed by atoms with E-state index in [1.807, 2.05) is 6.07 Å². The van der Waals surface area contributed by atoms with Gasteiger partial charge in [-0.25, -0.2) is 5.10 Å². The van der Waals surface area contributed by atoms with E-state index < -0.39 is 0 Å². The van der Waals surface area contributed by atoms with Gasteiger partial charge >= 0.3 is 0 Å². The molecule has 1 aliphatic rings. The molecule has 0 bridgehead atoms. The van der Waals surface area contributed by atoms with Crippen molar-refractivity contribution in [3.05, 3.63) is 46.3 Å². The fraction of sp³-hybridized carbons (Fsp3) is 0.286. The smallest absolute Gasteiger partial charge is 0.264 e. The van der Waals surface area contributed by atoms with Crippen LogP contribution in [0.1, 0.15) is 31.2 Å². The fourth-order valence-corrected chi connectivity index (χ4v) is 2.35. The lowest BCUT2D eigenvalue weighted by Gasteiger charge is -2.13. The van der Waals surface area contributed by atoms with Gasteiger partial charge in [-0.1, -0.05) is 18.2 Å². The second-order valence-electron chi connectivity index (χ2n) is 4.48. The molecule has 1 aromatic heterocycles. The highest BCUT2D eigenvalue weighted by Crippen LogP contribution is 2.27. The number of nitrogens with zero attached hydrogens (tertiary/aromatic N) is 1. The lowest BCUT2D eigenvalue weighted by molar-refractivity contribution is 0.742. The van der Waals surface area contributed by atoms with Gasteiger partial charge < -0.3 is 0 Å². The Labute approximate surface area is 99.2 Å². The minimum absolute atomic E-state index is 0.151. The van der Waals surface area contributed by atoms with Gasteiger partial charge in [-0.3, -0.25) is 4.79 Å². The van der Waals surface area contributed by atoms with Crippen LogP contribution < -0.4 is 5.56 Å². The molecule has 0 spiro atoms. The Balaban J connectivity index is 2.10. The zero-order chi connectivity index (χ0) is 11.7. The number of aromatic amines is 1. The van der Waals surface area contributed by atoms with E-state index in [0.29, 0.717) is 0 Å². The Bertz CT molecular complexity index is 640. The van der Waals surface area contributed by atoms with Crippen molar-refractivity contribution in [3.63, 3.8) is 0 Å². The van der Waals surface area contributed by atoms with Crippen LogP contribution in [0.4, 0.5) is 0 Å². The molecule has 0 aliphatic heterocycles. The number of hydrogen-bond donors (Lipinski definition) is 1. The molecular weight excluding hydrogens is 212 g/mol. The van der Waals surface area contributed by atoms with Crippen molar-refractivity contribution in [3.8, 4) is 0 Å². The summed E-state index contributed by atoms with van der Waals surface area (Å²) in [7, 11) is 0. The molecule has 1 aliphatic carbocycles. The molecule has 3 heteroatoms. The van der Waals surface area contributed by atoms with E-state index in [2.05, 4.69) is 28.4 Å². The van der Waals surface area contributed by atoms with Crippen LogP contribution >= 0.6 is 0 Å². The van der Waals surface area contributed by atoms with E-state index in [0.717, 1.165) is 17.3 Å². The molecule has 0 fully saturated rings. The molecule has 17 heavy (non-hydrogen) atoms. The minimum atomic E-state index is -0.151. The van der Waals surface area contributed by atoms with Crippen molar-refractivity contribution in [2.24, 2.45) is 0 Å². The van der Waals surface area contributed by atoms with Crippen LogP contribution in [0.25, 0.3) is 16.5 Å². The molecule has 1 heterocycles. The fourth-order valence-electron chi connectivity index (χ4n) is 2.35. The second-order valence-corrected chi connectivity index (χ2v) is 4.48. The SMILES string of the molecule is O=c1cc2ccc(C3=CCCCC3)cc2n[nH]1. The van der Waals surface area contributed by atoms with Crippen molar-refractivity contribution >= 4 is 16.5 Å². The van der Waals surface area contributed by atoms with E-state index in [1.165, 1.54) is 30.4 Å². The molecule has 0 radical (unpaired) electrons. The lowest BCUT2D eigenvalue weighted by Crippen LogP contribution is -2.05. The van der Waals surface area contributed by atoms with Gasteiger partial charge in [0.1, 0.15) is 0 Å². The Morgan fingerprint density at radius 1 is 1.18 bits per heavy atom. The third-order valence-electron chi connectivity index (χ3n) is 3.27. The molecule has 0 amide bonds. The monoisotopic (exact) mass is 226 g/mol. The van der Waals surface area contributed by atoms with Gasteiger partial charge in [-0.05, 0) is 42.9 Å². The molecule has 0 saturated carbocycles. The van der Waals surface area contributed by atoms with E-state index in [4.69, 9.17) is 0 Å². The zero-order valence-electron chi connectivity index (χ0n) is 9.57. The second kappa shape index (κ2) is 4.17. The summed E-state index contributed by atoms with van der Waals surface area (Å²) in [6, 6.07) is 7.70. The largest absolute Gasteiger partial charge is 0.268 e. The average molecular weight is 226 g/mol. The van der Waals surface area contributed by atoms with Gasteiger partial charge in [0.25, 0.3) is 5.56 Å². The number of rotatable bonds is 1. The Hall–Kier alpha value is -1.90. The van der Waals surface area contributed by atoms with Crippen LogP contribution in [-0.2, 0) is 0 Å². The summed E-state index contributed by atoms with van der Waals surface area (Å²) in [6.45, 7) is 0.